The smallest absolute Gasteiger partial charge is 0.274 e. The van der Waals surface area contributed by atoms with Crippen LogP contribution in [0.3, 0.4) is 0 Å². The number of nitrogens with zero attached hydrogens (tertiary/aromatic N) is 3. The van der Waals surface area contributed by atoms with Crippen LogP contribution < -0.4 is 14.8 Å². The number of carbonyl (C=O) groups is 1. The highest BCUT2D eigenvalue weighted by molar-refractivity contribution is 5.92. The Hall–Kier alpha value is -2.83. The summed E-state index contributed by atoms with van der Waals surface area (Å²) in [5.74, 6) is 1.85. The van der Waals surface area contributed by atoms with Crippen molar-refractivity contribution in [2.45, 2.75) is 26.3 Å². The molecule has 0 fully saturated rings. The van der Waals surface area contributed by atoms with E-state index in [1.807, 2.05) is 18.2 Å². The zero-order valence-corrected chi connectivity index (χ0v) is 15.8. The molecule has 0 saturated heterocycles. The molecule has 1 heterocycles. The van der Waals surface area contributed by atoms with Crippen molar-refractivity contribution in [2.75, 3.05) is 33.1 Å². The number of anilines is 1. The second kappa shape index (κ2) is 9.60. The lowest BCUT2D eigenvalue weighted by molar-refractivity contribution is 0.0786. The van der Waals surface area contributed by atoms with Gasteiger partial charge in [0.1, 0.15) is 5.82 Å². The quantitative estimate of drug-likeness (QED) is 0.743. The van der Waals surface area contributed by atoms with Gasteiger partial charge >= 0.3 is 0 Å². The van der Waals surface area contributed by atoms with E-state index in [0.717, 1.165) is 24.9 Å². The lowest BCUT2D eigenvalue weighted by atomic mass is 10.2. The van der Waals surface area contributed by atoms with E-state index in [1.165, 1.54) is 0 Å². The first-order valence-corrected chi connectivity index (χ1v) is 8.63. The van der Waals surface area contributed by atoms with Crippen LogP contribution in [-0.2, 0) is 6.54 Å². The average molecular weight is 358 g/mol. The fourth-order valence-corrected chi connectivity index (χ4v) is 2.42. The number of hydrogen-bond acceptors (Lipinski definition) is 6. The van der Waals surface area contributed by atoms with Crippen LogP contribution in [0.4, 0.5) is 5.82 Å². The van der Waals surface area contributed by atoms with Crippen molar-refractivity contribution in [3.8, 4) is 11.5 Å². The van der Waals surface area contributed by atoms with E-state index in [9.17, 15) is 4.79 Å². The van der Waals surface area contributed by atoms with Crippen molar-refractivity contribution >= 4 is 11.7 Å². The van der Waals surface area contributed by atoms with E-state index in [2.05, 4.69) is 22.4 Å². The molecule has 0 saturated carbocycles. The summed E-state index contributed by atoms with van der Waals surface area (Å²) in [6.07, 6.45) is 2.02. The first kappa shape index (κ1) is 19.5. The Morgan fingerprint density at radius 3 is 2.50 bits per heavy atom. The number of carbonyl (C=O) groups excluding carboxylic acids is 1. The van der Waals surface area contributed by atoms with Crippen LogP contribution in [0, 0.1) is 0 Å². The number of amides is 1. The van der Waals surface area contributed by atoms with Crippen molar-refractivity contribution in [3.63, 3.8) is 0 Å². The molecule has 1 amide bonds. The maximum atomic E-state index is 12.2. The fraction of sp³-hybridized carbons (Fsp3) is 0.421. The van der Waals surface area contributed by atoms with Gasteiger partial charge in [-0.15, -0.1) is 10.2 Å². The molecule has 0 radical (unpaired) electrons. The van der Waals surface area contributed by atoms with Gasteiger partial charge in [-0.05, 0) is 36.2 Å². The highest BCUT2D eigenvalue weighted by atomic mass is 16.5. The molecule has 0 atom stereocenters. The Labute approximate surface area is 154 Å². The molecule has 2 aromatic rings. The number of rotatable bonds is 9. The van der Waals surface area contributed by atoms with Gasteiger partial charge in [-0.25, -0.2) is 0 Å². The van der Waals surface area contributed by atoms with E-state index in [4.69, 9.17) is 9.47 Å². The van der Waals surface area contributed by atoms with Gasteiger partial charge < -0.3 is 19.7 Å². The molecule has 140 valence electrons. The van der Waals surface area contributed by atoms with Crippen LogP contribution in [-0.4, -0.2) is 48.8 Å². The first-order valence-electron chi connectivity index (χ1n) is 8.63. The summed E-state index contributed by atoms with van der Waals surface area (Å²) in [5.41, 5.74) is 1.36. The molecule has 26 heavy (non-hydrogen) atoms. The third-order valence-corrected chi connectivity index (χ3v) is 4.00. The Bertz CT molecular complexity index is 719. The molecular formula is C19H26N4O3. The van der Waals surface area contributed by atoms with E-state index in [0.29, 0.717) is 29.6 Å². The van der Waals surface area contributed by atoms with Gasteiger partial charge in [-0.3, -0.25) is 4.79 Å². The molecule has 0 aliphatic heterocycles. The van der Waals surface area contributed by atoms with Crippen LogP contribution in [0.2, 0.25) is 0 Å². The average Bonchev–Trinajstić information content (AvgIpc) is 2.69. The highest BCUT2D eigenvalue weighted by Gasteiger charge is 2.13. The van der Waals surface area contributed by atoms with Crippen LogP contribution >= 0.6 is 0 Å². The maximum absolute atomic E-state index is 12.2. The van der Waals surface area contributed by atoms with Gasteiger partial charge in [0, 0.05) is 20.1 Å². The van der Waals surface area contributed by atoms with Crippen molar-refractivity contribution in [2.24, 2.45) is 0 Å². The Morgan fingerprint density at radius 2 is 1.88 bits per heavy atom. The molecule has 2 rings (SSSR count). The lowest BCUT2D eigenvalue weighted by Crippen LogP contribution is -2.28. The second-order valence-electron chi connectivity index (χ2n) is 5.93. The zero-order valence-electron chi connectivity index (χ0n) is 15.8. The first-order chi connectivity index (χ1) is 12.6. The van der Waals surface area contributed by atoms with Gasteiger partial charge in [0.15, 0.2) is 17.2 Å². The molecule has 0 unspecified atom stereocenters. The van der Waals surface area contributed by atoms with Crippen LogP contribution in [0.1, 0.15) is 35.8 Å². The number of unbranched alkanes of at least 4 members (excludes halogenated alkanes) is 1. The van der Waals surface area contributed by atoms with E-state index >= 15 is 0 Å². The van der Waals surface area contributed by atoms with Gasteiger partial charge in [0.05, 0.1) is 14.2 Å². The number of methoxy groups -OCH3 is 2. The molecule has 0 bridgehead atoms. The number of aromatic nitrogens is 2. The van der Waals surface area contributed by atoms with Gasteiger partial charge in [-0.1, -0.05) is 19.4 Å². The number of benzene rings is 1. The normalized spacial score (nSPS) is 10.3. The standard InChI is InChI=1S/C19H26N4O3/c1-5-6-11-23(2)19(24)15-8-10-18(22-21-15)20-13-14-7-9-16(25-3)17(12-14)26-4/h7-10,12H,5-6,11,13H2,1-4H3,(H,20,22). The molecular weight excluding hydrogens is 332 g/mol. The summed E-state index contributed by atoms with van der Waals surface area (Å²) in [7, 11) is 4.99. The summed E-state index contributed by atoms with van der Waals surface area (Å²) in [5, 5.41) is 11.3. The Kier molecular flexibility index (Phi) is 7.20. The topological polar surface area (TPSA) is 76.6 Å². The second-order valence-corrected chi connectivity index (χ2v) is 5.93. The monoisotopic (exact) mass is 358 g/mol. The summed E-state index contributed by atoms with van der Waals surface area (Å²) in [6, 6.07) is 9.15. The maximum Gasteiger partial charge on any atom is 0.274 e. The summed E-state index contributed by atoms with van der Waals surface area (Å²) < 4.78 is 10.5. The van der Waals surface area contributed by atoms with Gasteiger partial charge in [-0.2, -0.15) is 0 Å². The fourth-order valence-electron chi connectivity index (χ4n) is 2.42. The Morgan fingerprint density at radius 1 is 1.12 bits per heavy atom. The summed E-state index contributed by atoms with van der Waals surface area (Å²) >= 11 is 0. The van der Waals surface area contributed by atoms with Crippen LogP contribution in [0.5, 0.6) is 11.5 Å². The molecule has 1 aromatic carbocycles. The highest BCUT2D eigenvalue weighted by Crippen LogP contribution is 2.27. The summed E-state index contributed by atoms with van der Waals surface area (Å²) in [4.78, 5) is 13.9. The van der Waals surface area contributed by atoms with Crippen molar-refractivity contribution in [1.29, 1.82) is 0 Å². The summed E-state index contributed by atoms with van der Waals surface area (Å²) in [6.45, 7) is 3.37. The molecule has 0 spiro atoms. The predicted molar refractivity (Wildman–Crippen MR) is 101 cm³/mol. The predicted octanol–water partition coefficient (Wildman–Crippen LogP) is 2.98. The van der Waals surface area contributed by atoms with Crippen LogP contribution in [0.15, 0.2) is 30.3 Å². The van der Waals surface area contributed by atoms with Crippen LogP contribution in [0.25, 0.3) is 0 Å². The van der Waals surface area contributed by atoms with E-state index < -0.39 is 0 Å². The minimum atomic E-state index is -0.114. The third-order valence-electron chi connectivity index (χ3n) is 4.00. The molecule has 7 heteroatoms. The minimum Gasteiger partial charge on any atom is -0.493 e. The Balaban J connectivity index is 1.96. The largest absolute Gasteiger partial charge is 0.493 e. The lowest BCUT2D eigenvalue weighted by Gasteiger charge is -2.15. The SMILES string of the molecule is CCCCN(C)C(=O)c1ccc(NCc2ccc(OC)c(OC)c2)nn1. The molecule has 0 aliphatic carbocycles. The third kappa shape index (κ3) is 5.08. The van der Waals surface area contributed by atoms with Crippen molar-refractivity contribution < 1.29 is 14.3 Å². The van der Waals surface area contributed by atoms with Gasteiger partial charge in [0.25, 0.3) is 5.91 Å². The number of ether oxygens (including phenoxy) is 2. The van der Waals surface area contributed by atoms with Crippen molar-refractivity contribution in [1.82, 2.24) is 15.1 Å². The van der Waals surface area contributed by atoms with E-state index in [1.54, 1.807) is 38.3 Å². The number of nitrogens with one attached hydrogen (secondary N) is 1. The van der Waals surface area contributed by atoms with E-state index in [-0.39, 0.29) is 5.91 Å². The van der Waals surface area contributed by atoms with Gasteiger partial charge in [0.2, 0.25) is 0 Å². The molecule has 1 N–H and O–H groups in total. The van der Waals surface area contributed by atoms with Crippen molar-refractivity contribution in [3.05, 3.63) is 41.6 Å². The minimum absolute atomic E-state index is 0.114. The molecule has 7 nitrogen and oxygen atoms in total. The number of hydrogen-bond donors (Lipinski definition) is 1. The zero-order chi connectivity index (χ0) is 18.9. The molecule has 0 aliphatic rings. The molecule has 1 aromatic heterocycles.